The molecule has 0 fully saturated rings. The van der Waals surface area contributed by atoms with Crippen molar-refractivity contribution in [2.75, 3.05) is 11.4 Å². The van der Waals surface area contributed by atoms with Gasteiger partial charge < -0.3 is 4.90 Å². The molecular weight excluding hydrogens is 318 g/mol. The zero-order valence-corrected chi connectivity index (χ0v) is 14.9. The highest BCUT2D eigenvalue weighted by molar-refractivity contribution is 6.15. The summed E-state index contributed by atoms with van der Waals surface area (Å²) >= 11 is 0. The number of para-hydroxylation sites is 1. The first-order valence-electron chi connectivity index (χ1n) is 9.03. The molecule has 0 bridgehead atoms. The Labute approximate surface area is 154 Å². The highest BCUT2D eigenvalue weighted by Gasteiger charge is 2.29. The van der Waals surface area contributed by atoms with Crippen LogP contribution in [0.2, 0.25) is 0 Å². The highest BCUT2D eigenvalue weighted by Crippen LogP contribution is 2.38. The lowest BCUT2D eigenvalue weighted by Gasteiger charge is -2.35. The van der Waals surface area contributed by atoms with Crippen molar-refractivity contribution in [1.29, 1.82) is 0 Å². The number of ketones is 1. The molecule has 26 heavy (non-hydrogen) atoms. The van der Waals surface area contributed by atoms with E-state index in [1.807, 2.05) is 54.6 Å². The molecule has 128 valence electrons. The van der Waals surface area contributed by atoms with Crippen LogP contribution in [0.1, 0.15) is 28.4 Å². The van der Waals surface area contributed by atoms with Crippen LogP contribution >= 0.6 is 0 Å². The number of anilines is 1. The van der Waals surface area contributed by atoms with Gasteiger partial charge in [0.05, 0.1) is 5.70 Å². The second-order valence-electron chi connectivity index (χ2n) is 6.44. The molecule has 0 saturated heterocycles. The Bertz CT molecular complexity index is 958. The summed E-state index contributed by atoms with van der Waals surface area (Å²) in [6.07, 6.45) is 0.657. The summed E-state index contributed by atoms with van der Waals surface area (Å²) in [5, 5.41) is 0. The van der Waals surface area contributed by atoms with Crippen LogP contribution in [0.4, 0.5) is 5.69 Å². The molecule has 0 atom stereocenters. The van der Waals surface area contributed by atoms with Crippen molar-refractivity contribution in [3.63, 3.8) is 0 Å². The number of carbonyl (C=O) groups is 1. The number of hydrogen-bond donors (Lipinski definition) is 0. The molecule has 1 aliphatic heterocycles. The molecule has 0 N–H and O–H groups in total. The largest absolute Gasteiger partial charge is 0.341 e. The molecule has 1 heterocycles. The summed E-state index contributed by atoms with van der Waals surface area (Å²) in [6, 6.07) is 28.2. The normalized spacial score (nSPS) is 13.5. The summed E-state index contributed by atoms with van der Waals surface area (Å²) in [7, 11) is 0. The standard InChI is InChI=1S/C24H21NO/c1-2-25-22-16-10-9-15-20(22)17-21(23(25)18-11-5-3-6-12-18)24(26)19-13-7-4-8-14-19/h3-16H,2,17H2,1H3. The van der Waals surface area contributed by atoms with Gasteiger partial charge in [0, 0.05) is 29.8 Å². The van der Waals surface area contributed by atoms with Gasteiger partial charge in [-0.3, -0.25) is 4.79 Å². The van der Waals surface area contributed by atoms with E-state index in [0.717, 1.165) is 28.9 Å². The Balaban J connectivity index is 1.93. The third kappa shape index (κ3) is 2.84. The van der Waals surface area contributed by atoms with Crippen molar-refractivity contribution in [1.82, 2.24) is 0 Å². The monoisotopic (exact) mass is 339 g/mol. The first kappa shape index (κ1) is 16.3. The van der Waals surface area contributed by atoms with Gasteiger partial charge in [-0.25, -0.2) is 0 Å². The number of hydrogen-bond acceptors (Lipinski definition) is 2. The summed E-state index contributed by atoms with van der Waals surface area (Å²) in [5.74, 6) is 0.109. The van der Waals surface area contributed by atoms with Gasteiger partial charge in [0.15, 0.2) is 5.78 Å². The van der Waals surface area contributed by atoms with E-state index in [2.05, 4.69) is 42.2 Å². The predicted molar refractivity (Wildman–Crippen MR) is 107 cm³/mol. The van der Waals surface area contributed by atoms with Crippen LogP contribution in [0.5, 0.6) is 0 Å². The molecule has 1 aliphatic rings. The fourth-order valence-electron chi connectivity index (χ4n) is 3.69. The Morgan fingerprint density at radius 1 is 0.846 bits per heavy atom. The molecule has 0 saturated carbocycles. The van der Waals surface area contributed by atoms with E-state index in [-0.39, 0.29) is 5.78 Å². The smallest absolute Gasteiger partial charge is 0.191 e. The van der Waals surface area contributed by atoms with Gasteiger partial charge in [-0.1, -0.05) is 78.9 Å². The van der Waals surface area contributed by atoms with Crippen molar-refractivity contribution < 1.29 is 4.79 Å². The van der Waals surface area contributed by atoms with Crippen LogP contribution in [0.25, 0.3) is 5.70 Å². The number of carbonyl (C=O) groups excluding carboxylic acids is 1. The van der Waals surface area contributed by atoms with E-state index in [9.17, 15) is 4.79 Å². The summed E-state index contributed by atoms with van der Waals surface area (Å²) in [6.45, 7) is 2.95. The topological polar surface area (TPSA) is 20.3 Å². The molecule has 3 aromatic carbocycles. The first-order valence-corrected chi connectivity index (χ1v) is 9.03. The van der Waals surface area contributed by atoms with Gasteiger partial charge >= 0.3 is 0 Å². The van der Waals surface area contributed by atoms with Gasteiger partial charge in [-0.05, 0) is 24.1 Å². The number of benzene rings is 3. The minimum absolute atomic E-state index is 0.109. The van der Waals surface area contributed by atoms with Gasteiger partial charge in [0.2, 0.25) is 0 Å². The van der Waals surface area contributed by atoms with E-state index < -0.39 is 0 Å². The zero-order chi connectivity index (χ0) is 17.9. The van der Waals surface area contributed by atoms with Gasteiger partial charge in [0.1, 0.15) is 0 Å². The van der Waals surface area contributed by atoms with E-state index in [0.29, 0.717) is 6.42 Å². The zero-order valence-electron chi connectivity index (χ0n) is 14.9. The lowest BCUT2D eigenvalue weighted by molar-refractivity contribution is 0.103. The molecule has 0 spiro atoms. The number of nitrogens with zero attached hydrogens (tertiary/aromatic N) is 1. The van der Waals surface area contributed by atoms with Gasteiger partial charge in [0.25, 0.3) is 0 Å². The van der Waals surface area contributed by atoms with Crippen molar-refractivity contribution in [3.8, 4) is 0 Å². The fraction of sp³-hybridized carbons (Fsp3) is 0.125. The van der Waals surface area contributed by atoms with Crippen LogP contribution in [0, 0.1) is 0 Å². The van der Waals surface area contributed by atoms with Crippen LogP contribution in [-0.2, 0) is 6.42 Å². The van der Waals surface area contributed by atoms with Crippen LogP contribution in [-0.4, -0.2) is 12.3 Å². The fourth-order valence-corrected chi connectivity index (χ4v) is 3.69. The highest BCUT2D eigenvalue weighted by atomic mass is 16.1. The van der Waals surface area contributed by atoms with Gasteiger partial charge in [-0.15, -0.1) is 0 Å². The van der Waals surface area contributed by atoms with E-state index in [1.54, 1.807) is 0 Å². The second kappa shape index (κ2) is 7.01. The van der Waals surface area contributed by atoms with Crippen LogP contribution < -0.4 is 4.90 Å². The minimum atomic E-state index is 0.109. The van der Waals surface area contributed by atoms with E-state index >= 15 is 0 Å². The second-order valence-corrected chi connectivity index (χ2v) is 6.44. The molecule has 0 aliphatic carbocycles. The lowest BCUT2D eigenvalue weighted by Crippen LogP contribution is -2.29. The van der Waals surface area contributed by atoms with Crippen LogP contribution in [0.15, 0.2) is 90.5 Å². The van der Waals surface area contributed by atoms with Crippen molar-refractivity contribution in [2.24, 2.45) is 0 Å². The Kier molecular flexibility index (Phi) is 4.40. The molecular formula is C24H21NO. The number of fused-ring (bicyclic) bond motifs is 1. The third-order valence-corrected chi connectivity index (χ3v) is 4.88. The maximum atomic E-state index is 13.4. The number of rotatable bonds is 4. The molecule has 2 heteroatoms. The maximum Gasteiger partial charge on any atom is 0.191 e. The summed E-state index contributed by atoms with van der Waals surface area (Å²) in [5.41, 5.74) is 6.12. The van der Waals surface area contributed by atoms with E-state index in [1.165, 1.54) is 11.3 Å². The molecule has 0 unspecified atom stereocenters. The number of Topliss-reactive ketones (excluding diaryl/α,β-unsaturated/α-hetero) is 1. The SMILES string of the molecule is CCN1C(c2ccccc2)=C(C(=O)c2ccccc2)Cc2ccccc21. The van der Waals surface area contributed by atoms with Gasteiger partial charge in [-0.2, -0.15) is 0 Å². The van der Waals surface area contributed by atoms with Crippen LogP contribution in [0.3, 0.4) is 0 Å². The third-order valence-electron chi connectivity index (χ3n) is 4.88. The molecule has 3 aromatic rings. The average Bonchev–Trinajstić information content (AvgIpc) is 2.73. The Morgan fingerprint density at radius 3 is 2.15 bits per heavy atom. The minimum Gasteiger partial charge on any atom is -0.341 e. The average molecular weight is 339 g/mol. The molecule has 2 nitrogen and oxygen atoms in total. The Hall–Kier alpha value is -3.13. The molecule has 0 aromatic heterocycles. The molecule has 0 radical (unpaired) electrons. The lowest BCUT2D eigenvalue weighted by atomic mass is 9.88. The summed E-state index contributed by atoms with van der Waals surface area (Å²) < 4.78 is 0. The van der Waals surface area contributed by atoms with E-state index in [4.69, 9.17) is 0 Å². The predicted octanol–water partition coefficient (Wildman–Crippen LogP) is 5.36. The molecule has 4 rings (SSSR count). The first-order chi connectivity index (χ1) is 12.8. The van der Waals surface area contributed by atoms with Crippen molar-refractivity contribution in [3.05, 3.63) is 107 Å². The Morgan fingerprint density at radius 2 is 1.46 bits per heavy atom. The molecule has 0 amide bonds. The quantitative estimate of drug-likeness (QED) is 0.596. The summed E-state index contributed by atoms with van der Waals surface area (Å²) in [4.78, 5) is 15.6. The maximum absolute atomic E-state index is 13.4. The van der Waals surface area contributed by atoms with Crippen molar-refractivity contribution in [2.45, 2.75) is 13.3 Å². The number of allylic oxidation sites excluding steroid dienone is 1. The van der Waals surface area contributed by atoms with Crippen molar-refractivity contribution >= 4 is 17.2 Å².